The summed E-state index contributed by atoms with van der Waals surface area (Å²) in [5.41, 5.74) is 3.48. The predicted octanol–water partition coefficient (Wildman–Crippen LogP) is 2.77. The van der Waals surface area contributed by atoms with Crippen molar-refractivity contribution in [3.63, 3.8) is 0 Å². The Kier molecular flexibility index (Phi) is 3.74. The number of nitrogens with one attached hydrogen (secondary N) is 2. The summed E-state index contributed by atoms with van der Waals surface area (Å²) < 4.78 is 1.11. The molecule has 0 radical (unpaired) electrons. The van der Waals surface area contributed by atoms with Gasteiger partial charge in [-0.1, -0.05) is 28.1 Å². The SMILES string of the molecule is Cc1[nH]cnc1CNCc1ccc(Br)cc1. The van der Waals surface area contributed by atoms with Crippen LogP contribution in [0.25, 0.3) is 0 Å². The van der Waals surface area contributed by atoms with E-state index in [1.54, 1.807) is 6.33 Å². The zero-order valence-corrected chi connectivity index (χ0v) is 10.7. The minimum Gasteiger partial charge on any atom is -0.348 e. The lowest BCUT2D eigenvalue weighted by Gasteiger charge is -2.04. The number of halogens is 1. The van der Waals surface area contributed by atoms with Crippen LogP contribution in [0.3, 0.4) is 0 Å². The van der Waals surface area contributed by atoms with Gasteiger partial charge in [-0.3, -0.25) is 0 Å². The van der Waals surface area contributed by atoms with Gasteiger partial charge in [0.15, 0.2) is 0 Å². The molecule has 0 saturated carbocycles. The Balaban J connectivity index is 1.84. The molecule has 1 aromatic carbocycles. The van der Waals surface area contributed by atoms with E-state index < -0.39 is 0 Å². The van der Waals surface area contributed by atoms with Crippen LogP contribution in [-0.2, 0) is 13.1 Å². The van der Waals surface area contributed by atoms with Crippen molar-refractivity contribution in [3.8, 4) is 0 Å². The second kappa shape index (κ2) is 5.27. The van der Waals surface area contributed by atoms with Gasteiger partial charge in [0.2, 0.25) is 0 Å². The van der Waals surface area contributed by atoms with Gasteiger partial charge in [-0.15, -0.1) is 0 Å². The number of imidazole rings is 1. The minimum absolute atomic E-state index is 0.797. The minimum atomic E-state index is 0.797. The van der Waals surface area contributed by atoms with E-state index >= 15 is 0 Å². The van der Waals surface area contributed by atoms with Crippen LogP contribution in [0.1, 0.15) is 17.0 Å². The van der Waals surface area contributed by atoms with E-state index in [2.05, 4.69) is 55.5 Å². The summed E-state index contributed by atoms with van der Waals surface area (Å²) in [6, 6.07) is 8.32. The third-order valence-corrected chi connectivity index (χ3v) is 3.00. The molecule has 0 aliphatic carbocycles. The van der Waals surface area contributed by atoms with Crippen molar-refractivity contribution in [3.05, 3.63) is 52.0 Å². The number of H-pyrrole nitrogens is 1. The van der Waals surface area contributed by atoms with Crippen molar-refractivity contribution in [1.82, 2.24) is 15.3 Å². The molecule has 0 fully saturated rings. The van der Waals surface area contributed by atoms with Crippen LogP contribution in [0.2, 0.25) is 0 Å². The van der Waals surface area contributed by atoms with E-state index in [0.29, 0.717) is 0 Å². The second-order valence-electron chi connectivity index (χ2n) is 3.70. The van der Waals surface area contributed by atoms with Gasteiger partial charge in [0.25, 0.3) is 0 Å². The molecule has 0 bridgehead atoms. The van der Waals surface area contributed by atoms with Gasteiger partial charge < -0.3 is 10.3 Å². The predicted molar refractivity (Wildman–Crippen MR) is 68.0 cm³/mol. The number of benzene rings is 1. The fraction of sp³-hybridized carbons (Fsp3) is 0.250. The summed E-state index contributed by atoms with van der Waals surface area (Å²) in [5, 5.41) is 3.37. The maximum Gasteiger partial charge on any atom is 0.0925 e. The van der Waals surface area contributed by atoms with Gasteiger partial charge in [-0.05, 0) is 24.6 Å². The molecular weight excluding hydrogens is 266 g/mol. The fourth-order valence-corrected chi connectivity index (χ4v) is 1.76. The lowest BCUT2D eigenvalue weighted by atomic mass is 10.2. The van der Waals surface area contributed by atoms with E-state index in [1.807, 2.05) is 6.92 Å². The van der Waals surface area contributed by atoms with E-state index in [0.717, 1.165) is 29.0 Å². The molecule has 1 aromatic heterocycles. The van der Waals surface area contributed by atoms with E-state index in [4.69, 9.17) is 0 Å². The third kappa shape index (κ3) is 2.93. The Morgan fingerprint density at radius 1 is 1.25 bits per heavy atom. The molecular formula is C12H14BrN3. The summed E-state index contributed by atoms with van der Waals surface area (Å²) in [5.74, 6) is 0. The van der Waals surface area contributed by atoms with Crippen molar-refractivity contribution in [2.24, 2.45) is 0 Å². The molecule has 2 N–H and O–H groups in total. The van der Waals surface area contributed by atoms with Crippen molar-refractivity contribution >= 4 is 15.9 Å². The normalized spacial score (nSPS) is 10.6. The fourth-order valence-electron chi connectivity index (χ4n) is 1.49. The first kappa shape index (κ1) is 11.4. The molecule has 0 saturated heterocycles. The van der Waals surface area contributed by atoms with Gasteiger partial charge in [-0.2, -0.15) is 0 Å². The lowest BCUT2D eigenvalue weighted by molar-refractivity contribution is 0.679. The molecule has 0 aliphatic rings. The Hall–Kier alpha value is -1.13. The first-order chi connectivity index (χ1) is 7.75. The first-order valence-corrected chi connectivity index (χ1v) is 5.99. The largest absolute Gasteiger partial charge is 0.348 e. The quantitative estimate of drug-likeness (QED) is 0.904. The van der Waals surface area contributed by atoms with Crippen LogP contribution < -0.4 is 5.32 Å². The average molecular weight is 280 g/mol. The summed E-state index contributed by atoms with van der Waals surface area (Å²) in [7, 11) is 0. The van der Waals surface area contributed by atoms with Gasteiger partial charge in [0.05, 0.1) is 12.0 Å². The van der Waals surface area contributed by atoms with Crippen molar-refractivity contribution in [1.29, 1.82) is 0 Å². The molecule has 2 aromatic rings. The summed E-state index contributed by atoms with van der Waals surface area (Å²) in [6.45, 7) is 3.69. The van der Waals surface area contributed by atoms with E-state index in [-0.39, 0.29) is 0 Å². The summed E-state index contributed by atoms with van der Waals surface area (Å²) in [4.78, 5) is 7.30. The topological polar surface area (TPSA) is 40.7 Å². The number of rotatable bonds is 4. The maximum atomic E-state index is 4.24. The van der Waals surface area contributed by atoms with Crippen LogP contribution >= 0.6 is 15.9 Å². The summed E-state index contributed by atoms with van der Waals surface area (Å²) in [6.07, 6.45) is 1.73. The van der Waals surface area contributed by atoms with Crippen molar-refractivity contribution in [2.75, 3.05) is 0 Å². The molecule has 84 valence electrons. The highest BCUT2D eigenvalue weighted by Crippen LogP contribution is 2.10. The standard InChI is InChI=1S/C12H14BrN3/c1-9-12(16-8-15-9)7-14-6-10-2-4-11(13)5-3-10/h2-5,8,14H,6-7H2,1H3,(H,15,16). The van der Waals surface area contributed by atoms with Gasteiger partial charge >= 0.3 is 0 Å². The number of aryl methyl sites for hydroxylation is 1. The van der Waals surface area contributed by atoms with Crippen LogP contribution in [0.15, 0.2) is 35.1 Å². The number of nitrogens with zero attached hydrogens (tertiary/aromatic N) is 1. The molecule has 1 heterocycles. The molecule has 2 rings (SSSR count). The molecule has 0 spiro atoms. The Labute approximate surface area is 103 Å². The van der Waals surface area contributed by atoms with Crippen LogP contribution in [0.4, 0.5) is 0 Å². The second-order valence-corrected chi connectivity index (χ2v) is 4.62. The van der Waals surface area contributed by atoms with Crippen molar-refractivity contribution < 1.29 is 0 Å². The number of hydrogen-bond donors (Lipinski definition) is 2. The van der Waals surface area contributed by atoms with E-state index in [1.165, 1.54) is 5.56 Å². The first-order valence-electron chi connectivity index (χ1n) is 5.20. The van der Waals surface area contributed by atoms with Gasteiger partial charge in [-0.25, -0.2) is 4.98 Å². The molecule has 0 unspecified atom stereocenters. The van der Waals surface area contributed by atoms with E-state index in [9.17, 15) is 0 Å². The maximum absolute atomic E-state index is 4.24. The third-order valence-electron chi connectivity index (χ3n) is 2.47. The highest BCUT2D eigenvalue weighted by molar-refractivity contribution is 9.10. The van der Waals surface area contributed by atoms with Gasteiger partial charge in [0.1, 0.15) is 0 Å². The number of aromatic nitrogens is 2. The Bertz CT molecular complexity index is 448. The molecule has 4 heteroatoms. The zero-order chi connectivity index (χ0) is 11.4. The zero-order valence-electron chi connectivity index (χ0n) is 9.13. The monoisotopic (exact) mass is 279 g/mol. The highest BCUT2D eigenvalue weighted by atomic mass is 79.9. The number of aromatic amines is 1. The molecule has 0 atom stereocenters. The Morgan fingerprint density at radius 3 is 2.62 bits per heavy atom. The average Bonchev–Trinajstić information content (AvgIpc) is 2.68. The van der Waals surface area contributed by atoms with Crippen LogP contribution in [-0.4, -0.2) is 9.97 Å². The smallest absolute Gasteiger partial charge is 0.0925 e. The van der Waals surface area contributed by atoms with Crippen LogP contribution in [0.5, 0.6) is 0 Å². The molecule has 3 nitrogen and oxygen atoms in total. The highest BCUT2D eigenvalue weighted by Gasteiger charge is 1.99. The van der Waals surface area contributed by atoms with Crippen molar-refractivity contribution in [2.45, 2.75) is 20.0 Å². The lowest BCUT2D eigenvalue weighted by Crippen LogP contribution is -2.13. The summed E-state index contributed by atoms with van der Waals surface area (Å²) >= 11 is 3.42. The molecule has 0 amide bonds. The van der Waals surface area contributed by atoms with Gasteiger partial charge in [0, 0.05) is 23.3 Å². The Morgan fingerprint density at radius 2 is 2.00 bits per heavy atom. The van der Waals surface area contributed by atoms with Crippen LogP contribution in [0, 0.1) is 6.92 Å². The molecule has 0 aliphatic heterocycles. The molecule has 16 heavy (non-hydrogen) atoms. The number of hydrogen-bond acceptors (Lipinski definition) is 2.